The maximum atomic E-state index is 9.67. The molecular formula is C9H10Cl2N2O. The van der Waals surface area contributed by atoms with E-state index in [1.165, 1.54) is 6.33 Å². The van der Waals surface area contributed by atoms with Crippen molar-refractivity contribution in [1.29, 1.82) is 0 Å². The second kappa shape index (κ2) is 3.33. The summed E-state index contributed by atoms with van der Waals surface area (Å²) in [4.78, 5) is 7.77. The molecule has 76 valence electrons. The highest BCUT2D eigenvalue weighted by Crippen LogP contribution is 2.54. The van der Waals surface area contributed by atoms with Gasteiger partial charge in [-0.05, 0) is 19.8 Å². The van der Waals surface area contributed by atoms with Gasteiger partial charge in [-0.1, -0.05) is 23.2 Å². The second-order valence-electron chi connectivity index (χ2n) is 3.66. The van der Waals surface area contributed by atoms with E-state index < -0.39 is 6.10 Å². The SMILES string of the molecule is CC(O)C1(c2c(Cl)ncnc2Cl)CC1. The van der Waals surface area contributed by atoms with Crippen molar-refractivity contribution in [2.45, 2.75) is 31.3 Å². The molecule has 0 aromatic carbocycles. The number of aliphatic hydroxyl groups excluding tert-OH is 1. The Balaban J connectivity index is 2.51. The molecule has 1 aliphatic carbocycles. The molecule has 1 heterocycles. The molecule has 1 aromatic rings. The van der Waals surface area contributed by atoms with Crippen LogP contribution in [0.4, 0.5) is 0 Å². The molecule has 14 heavy (non-hydrogen) atoms. The van der Waals surface area contributed by atoms with Crippen molar-refractivity contribution in [3.05, 3.63) is 22.2 Å². The van der Waals surface area contributed by atoms with Gasteiger partial charge >= 0.3 is 0 Å². The van der Waals surface area contributed by atoms with Crippen LogP contribution in [0.2, 0.25) is 10.3 Å². The van der Waals surface area contributed by atoms with Crippen LogP contribution >= 0.6 is 23.2 Å². The van der Waals surface area contributed by atoms with Crippen LogP contribution in [0.15, 0.2) is 6.33 Å². The van der Waals surface area contributed by atoms with Gasteiger partial charge in [0.2, 0.25) is 0 Å². The van der Waals surface area contributed by atoms with Crippen molar-refractivity contribution in [3.8, 4) is 0 Å². The summed E-state index contributed by atoms with van der Waals surface area (Å²) < 4.78 is 0. The molecule has 1 aliphatic rings. The van der Waals surface area contributed by atoms with E-state index in [4.69, 9.17) is 23.2 Å². The first-order valence-electron chi connectivity index (χ1n) is 4.42. The first-order valence-corrected chi connectivity index (χ1v) is 5.18. The van der Waals surface area contributed by atoms with Crippen molar-refractivity contribution in [2.24, 2.45) is 0 Å². The van der Waals surface area contributed by atoms with Gasteiger partial charge in [0.05, 0.1) is 6.10 Å². The lowest BCUT2D eigenvalue weighted by Gasteiger charge is -2.20. The lowest BCUT2D eigenvalue weighted by Crippen LogP contribution is -2.24. The highest BCUT2D eigenvalue weighted by atomic mass is 35.5. The van der Waals surface area contributed by atoms with Gasteiger partial charge in [-0.25, -0.2) is 9.97 Å². The third-order valence-electron chi connectivity index (χ3n) is 2.84. The predicted molar refractivity (Wildman–Crippen MR) is 54.6 cm³/mol. The largest absolute Gasteiger partial charge is 0.392 e. The number of aliphatic hydroxyl groups is 1. The molecule has 5 heteroatoms. The van der Waals surface area contributed by atoms with E-state index in [2.05, 4.69) is 9.97 Å². The Bertz CT molecular complexity index is 344. The van der Waals surface area contributed by atoms with Crippen LogP contribution in [0, 0.1) is 0 Å². The third-order valence-corrected chi connectivity index (χ3v) is 3.41. The Labute approximate surface area is 92.1 Å². The van der Waals surface area contributed by atoms with Crippen LogP contribution in [0.1, 0.15) is 25.3 Å². The van der Waals surface area contributed by atoms with Gasteiger partial charge in [0.15, 0.2) is 0 Å². The van der Waals surface area contributed by atoms with Crippen LogP contribution in [0.5, 0.6) is 0 Å². The highest BCUT2D eigenvalue weighted by Gasteiger charge is 2.51. The fourth-order valence-electron chi connectivity index (χ4n) is 1.77. The summed E-state index contributed by atoms with van der Waals surface area (Å²) in [6.45, 7) is 1.74. The molecule has 0 amide bonds. The monoisotopic (exact) mass is 232 g/mol. The van der Waals surface area contributed by atoms with Crippen molar-refractivity contribution in [1.82, 2.24) is 9.97 Å². The average Bonchev–Trinajstić information content (AvgIpc) is 2.85. The summed E-state index contributed by atoms with van der Waals surface area (Å²) in [6, 6.07) is 0. The topological polar surface area (TPSA) is 46.0 Å². The van der Waals surface area contributed by atoms with Crippen LogP contribution in [0.25, 0.3) is 0 Å². The standard InChI is InChI=1S/C9H10Cl2N2O/c1-5(14)9(2-3-9)6-7(10)12-4-13-8(6)11/h4-5,14H,2-3H2,1H3. The van der Waals surface area contributed by atoms with Crippen LogP contribution in [0.3, 0.4) is 0 Å². The molecule has 1 fully saturated rings. The molecular weight excluding hydrogens is 223 g/mol. The van der Waals surface area contributed by atoms with E-state index in [-0.39, 0.29) is 5.41 Å². The average molecular weight is 233 g/mol. The minimum atomic E-state index is -0.469. The zero-order valence-electron chi connectivity index (χ0n) is 7.67. The van der Waals surface area contributed by atoms with Gasteiger partial charge in [-0.2, -0.15) is 0 Å². The molecule has 2 rings (SSSR count). The normalized spacial score (nSPS) is 20.6. The first kappa shape index (κ1) is 10.1. The van der Waals surface area contributed by atoms with Crippen LogP contribution in [-0.4, -0.2) is 21.2 Å². The summed E-state index contributed by atoms with van der Waals surface area (Å²) in [5, 5.41) is 10.4. The van der Waals surface area contributed by atoms with Crippen LogP contribution < -0.4 is 0 Å². The minimum Gasteiger partial charge on any atom is -0.392 e. The van der Waals surface area contributed by atoms with E-state index in [0.717, 1.165) is 12.8 Å². The van der Waals surface area contributed by atoms with Gasteiger partial charge in [-0.3, -0.25) is 0 Å². The van der Waals surface area contributed by atoms with Crippen molar-refractivity contribution in [2.75, 3.05) is 0 Å². The Morgan fingerprint density at radius 3 is 2.21 bits per heavy atom. The van der Waals surface area contributed by atoms with Gasteiger partial charge in [0, 0.05) is 11.0 Å². The fourth-order valence-corrected chi connectivity index (χ4v) is 2.46. The molecule has 0 radical (unpaired) electrons. The molecule has 1 N–H and O–H groups in total. The number of hydrogen-bond acceptors (Lipinski definition) is 3. The minimum absolute atomic E-state index is 0.310. The van der Waals surface area contributed by atoms with E-state index in [1.807, 2.05) is 0 Å². The Morgan fingerprint density at radius 2 is 1.86 bits per heavy atom. The van der Waals surface area contributed by atoms with E-state index in [9.17, 15) is 5.11 Å². The molecule has 1 saturated carbocycles. The summed E-state index contributed by atoms with van der Waals surface area (Å²) in [7, 11) is 0. The molecule has 1 atom stereocenters. The summed E-state index contributed by atoms with van der Waals surface area (Å²) in [5.74, 6) is 0. The zero-order valence-corrected chi connectivity index (χ0v) is 9.18. The predicted octanol–water partition coefficient (Wildman–Crippen LogP) is 2.20. The first-order chi connectivity index (χ1) is 6.58. The number of nitrogens with zero attached hydrogens (tertiary/aromatic N) is 2. The van der Waals surface area contributed by atoms with Gasteiger partial charge in [-0.15, -0.1) is 0 Å². The van der Waals surface area contributed by atoms with Gasteiger partial charge in [0.1, 0.15) is 16.6 Å². The Kier molecular flexibility index (Phi) is 2.41. The molecule has 1 aromatic heterocycles. The maximum absolute atomic E-state index is 9.67. The smallest absolute Gasteiger partial charge is 0.137 e. The molecule has 0 aliphatic heterocycles. The quantitative estimate of drug-likeness (QED) is 0.796. The lowest BCUT2D eigenvalue weighted by molar-refractivity contribution is 0.150. The second-order valence-corrected chi connectivity index (χ2v) is 4.38. The highest BCUT2D eigenvalue weighted by molar-refractivity contribution is 6.34. The fraction of sp³-hybridized carbons (Fsp3) is 0.556. The van der Waals surface area contributed by atoms with E-state index in [1.54, 1.807) is 6.92 Å². The summed E-state index contributed by atoms with van der Waals surface area (Å²) >= 11 is 11.9. The molecule has 1 unspecified atom stereocenters. The third kappa shape index (κ3) is 1.40. The zero-order chi connectivity index (χ0) is 10.3. The lowest BCUT2D eigenvalue weighted by atomic mass is 9.93. The Morgan fingerprint density at radius 1 is 1.36 bits per heavy atom. The molecule has 0 spiro atoms. The van der Waals surface area contributed by atoms with Crippen molar-refractivity contribution < 1.29 is 5.11 Å². The van der Waals surface area contributed by atoms with Crippen LogP contribution in [-0.2, 0) is 5.41 Å². The maximum Gasteiger partial charge on any atom is 0.137 e. The number of rotatable bonds is 2. The van der Waals surface area contributed by atoms with Gasteiger partial charge < -0.3 is 5.11 Å². The number of aromatic nitrogens is 2. The molecule has 0 bridgehead atoms. The van der Waals surface area contributed by atoms with E-state index in [0.29, 0.717) is 15.9 Å². The molecule has 0 saturated heterocycles. The summed E-state index contributed by atoms with van der Waals surface area (Å²) in [5.41, 5.74) is 0.383. The van der Waals surface area contributed by atoms with E-state index >= 15 is 0 Å². The van der Waals surface area contributed by atoms with Crippen molar-refractivity contribution in [3.63, 3.8) is 0 Å². The Hall–Kier alpha value is -0.380. The number of hydrogen-bond donors (Lipinski definition) is 1. The van der Waals surface area contributed by atoms with Gasteiger partial charge in [0.25, 0.3) is 0 Å². The molecule has 3 nitrogen and oxygen atoms in total. The van der Waals surface area contributed by atoms with Crippen molar-refractivity contribution >= 4 is 23.2 Å². The summed E-state index contributed by atoms with van der Waals surface area (Å²) in [6.07, 6.45) is 2.63. The number of halogens is 2.